The molecule has 3 atom stereocenters. The SMILES string of the molecule is CCOc1ccc(-c2noc(CCC(=O)NC3CCCC(C)C3C)n2)cc1. The van der Waals surface area contributed by atoms with Crippen molar-refractivity contribution in [1.29, 1.82) is 0 Å². The van der Waals surface area contributed by atoms with Gasteiger partial charge in [-0.15, -0.1) is 0 Å². The average molecular weight is 371 g/mol. The van der Waals surface area contributed by atoms with Crippen LogP contribution < -0.4 is 10.1 Å². The number of hydrogen-bond acceptors (Lipinski definition) is 5. The van der Waals surface area contributed by atoms with E-state index in [9.17, 15) is 4.79 Å². The Morgan fingerprint density at radius 2 is 2.04 bits per heavy atom. The highest BCUT2D eigenvalue weighted by molar-refractivity contribution is 5.76. The van der Waals surface area contributed by atoms with Crippen molar-refractivity contribution in [2.45, 2.75) is 58.9 Å². The van der Waals surface area contributed by atoms with Gasteiger partial charge in [0.2, 0.25) is 17.6 Å². The van der Waals surface area contributed by atoms with Crippen LogP contribution in [-0.4, -0.2) is 28.7 Å². The van der Waals surface area contributed by atoms with Crippen molar-refractivity contribution in [3.8, 4) is 17.1 Å². The van der Waals surface area contributed by atoms with Crippen LogP contribution in [0, 0.1) is 11.8 Å². The smallest absolute Gasteiger partial charge is 0.227 e. The predicted molar refractivity (Wildman–Crippen MR) is 103 cm³/mol. The van der Waals surface area contributed by atoms with E-state index in [0.717, 1.165) is 17.7 Å². The van der Waals surface area contributed by atoms with E-state index in [2.05, 4.69) is 29.3 Å². The van der Waals surface area contributed by atoms with Crippen molar-refractivity contribution in [2.75, 3.05) is 6.61 Å². The molecule has 1 aliphatic carbocycles. The lowest BCUT2D eigenvalue weighted by Crippen LogP contribution is -2.43. The van der Waals surface area contributed by atoms with Crippen molar-refractivity contribution in [1.82, 2.24) is 15.5 Å². The van der Waals surface area contributed by atoms with Gasteiger partial charge in [-0.3, -0.25) is 4.79 Å². The molecule has 6 heteroatoms. The first-order valence-corrected chi connectivity index (χ1v) is 9.92. The van der Waals surface area contributed by atoms with Crippen molar-refractivity contribution < 1.29 is 14.1 Å². The molecule has 1 heterocycles. The van der Waals surface area contributed by atoms with Crippen molar-refractivity contribution in [3.63, 3.8) is 0 Å². The Hall–Kier alpha value is -2.37. The first kappa shape index (κ1) is 19.4. The number of nitrogens with zero attached hydrogens (tertiary/aromatic N) is 2. The van der Waals surface area contributed by atoms with E-state index in [1.165, 1.54) is 12.8 Å². The molecule has 1 aromatic heterocycles. The van der Waals surface area contributed by atoms with Crippen LogP contribution in [0.5, 0.6) is 5.75 Å². The second kappa shape index (κ2) is 9.02. The van der Waals surface area contributed by atoms with Crippen molar-refractivity contribution in [3.05, 3.63) is 30.2 Å². The maximum Gasteiger partial charge on any atom is 0.227 e. The van der Waals surface area contributed by atoms with Gasteiger partial charge in [-0.1, -0.05) is 31.8 Å². The van der Waals surface area contributed by atoms with Crippen molar-refractivity contribution >= 4 is 5.91 Å². The number of rotatable bonds is 7. The minimum Gasteiger partial charge on any atom is -0.494 e. The first-order chi connectivity index (χ1) is 13.1. The molecule has 1 N–H and O–H groups in total. The lowest BCUT2D eigenvalue weighted by molar-refractivity contribution is -0.122. The fourth-order valence-electron chi connectivity index (χ4n) is 3.63. The summed E-state index contributed by atoms with van der Waals surface area (Å²) in [6.45, 7) is 7.08. The zero-order valence-corrected chi connectivity index (χ0v) is 16.4. The summed E-state index contributed by atoms with van der Waals surface area (Å²) in [5.74, 6) is 3.07. The molecule has 1 aliphatic rings. The Morgan fingerprint density at radius 1 is 1.26 bits per heavy atom. The van der Waals surface area contributed by atoms with E-state index in [1.807, 2.05) is 31.2 Å². The largest absolute Gasteiger partial charge is 0.494 e. The summed E-state index contributed by atoms with van der Waals surface area (Å²) in [5.41, 5.74) is 0.864. The molecule has 1 saturated carbocycles. The van der Waals surface area contributed by atoms with Gasteiger partial charge in [-0.2, -0.15) is 4.98 Å². The number of aryl methyl sites for hydroxylation is 1. The molecule has 146 valence electrons. The molecule has 1 aromatic carbocycles. The van der Waals surface area contributed by atoms with Gasteiger partial charge >= 0.3 is 0 Å². The van der Waals surface area contributed by atoms with Crippen LogP contribution in [-0.2, 0) is 11.2 Å². The van der Waals surface area contributed by atoms with E-state index in [-0.39, 0.29) is 11.9 Å². The van der Waals surface area contributed by atoms with E-state index in [4.69, 9.17) is 9.26 Å². The number of aromatic nitrogens is 2. The molecular formula is C21H29N3O3. The van der Waals surface area contributed by atoms with Gasteiger partial charge in [0.25, 0.3) is 0 Å². The molecule has 0 spiro atoms. The normalized spacial score (nSPS) is 22.4. The lowest BCUT2D eigenvalue weighted by Gasteiger charge is -2.34. The molecule has 0 radical (unpaired) electrons. The van der Waals surface area contributed by atoms with Crippen LogP contribution in [0.4, 0.5) is 0 Å². The zero-order valence-electron chi connectivity index (χ0n) is 16.4. The van der Waals surface area contributed by atoms with Crippen LogP contribution >= 0.6 is 0 Å². The molecular weight excluding hydrogens is 342 g/mol. The molecule has 3 rings (SSSR count). The molecule has 0 bridgehead atoms. The minimum absolute atomic E-state index is 0.0572. The second-order valence-electron chi connectivity index (χ2n) is 7.41. The third kappa shape index (κ3) is 5.08. The third-order valence-corrected chi connectivity index (χ3v) is 5.51. The maximum atomic E-state index is 12.3. The number of carbonyl (C=O) groups excluding carboxylic acids is 1. The second-order valence-corrected chi connectivity index (χ2v) is 7.41. The Balaban J connectivity index is 1.51. The fraction of sp³-hybridized carbons (Fsp3) is 0.571. The Labute approximate surface area is 160 Å². The summed E-state index contributed by atoms with van der Waals surface area (Å²) >= 11 is 0. The lowest BCUT2D eigenvalue weighted by atomic mass is 9.78. The molecule has 0 saturated heterocycles. The van der Waals surface area contributed by atoms with E-state index < -0.39 is 0 Å². The molecule has 1 amide bonds. The highest BCUT2D eigenvalue weighted by Crippen LogP contribution is 2.29. The molecule has 6 nitrogen and oxygen atoms in total. The molecule has 1 fully saturated rings. The monoisotopic (exact) mass is 371 g/mol. The number of ether oxygens (including phenoxy) is 1. The summed E-state index contributed by atoms with van der Waals surface area (Å²) in [7, 11) is 0. The summed E-state index contributed by atoms with van der Waals surface area (Å²) < 4.78 is 10.7. The highest BCUT2D eigenvalue weighted by atomic mass is 16.5. The van der Waals surface area contributed by atoms with Crippen LogP contribution in [0.25, 0.3) is 11.4 Å². The number of benzene rings is 1. The van der Waals surface area contributed by atoms with Crippen molar-refractivity contribution in [2.24, 2.45) is 11.8 Å². The number of hydrogen-bond donors (Lipinski definition) is 1. The molecule has 0 aliphatic heterocycles. The van der Waals surface area contributed by atoms with Crippen LogP contribution in [0.1, 0.15) is 52.3 Å². The number of amides is 1. The third-order valence-electron chi connectivity index (χ3n) is 5.51. The van der Waals surface area contributed by atoms with Crippen LogP contribution in [0.2, 0.25) is 0 Å². The van der Waals surface area contributed by atoms with Gasteiger partial charge in [0, 0.05) is 24.4 Å². The standard InChI is InChI=1S/C21H29N3O3/c1-4-26-17-10-8-16(9-11-17)21-23-20(27-24-21)13-12-19(25)22-18-7-5-6-14(2)15(18)3/h8-11,14-15,18H,4-7,12-13H2,1-3H3,(H,22,25). The quantitative estimate of drug-likeness (QED) is 0.796. The molecule has 3 unspecified atom stereocenters. The highest BCUT2D eigenvalue weighted by Gasteiger charge is 2.28. The fourth-order valence-corrected chi connectivity index (χ4v) is 3.63. The average Bonchev–Trinajstić information content (AvgIpc) is 3.14. The van der Waals surface area contributed by atoms with E-state index in [0.29, 0.717) is 43.0 Å². The number of nitrogens with one attached hydrogen (secondary N) is 1. The zero-order chi connectivity index (χ0) is 19.2. The summed E-state index contributed by atoms with van der Waals surface area (Å²) in [5, 5.41) is 7.20. The van der Waals surface area contributed by atoms with Crippen LogP contribution in [0.15, 0.2) is 28.8 Å². The predicted octanol–water partition coefficient (Wildman–Crippen LogP) is 4.01. The minimum atomic E-state index is 0.0572. The van der Waals surface area contributed by atoms with Gasteiger partial charge in [-0.25, -0.2) is 0 Å². The van der Waals surface area contributed by atoms with Gasteiger partial charge in [-0.05, 0) is 49.4 Å². The summed E-state index contributed by atoms with van der Waals surface area (Å²) in [4.78, 5) is 16.7. The van der Waals surface area contributed by atoms with E-state index in [1.54, 1.807) is 0 Å². The summed E-state index contributed by atoms with van der Waals surface area (Å²) in [6.07, 6.45) is 4.32. The Morgan fingerprint density at radius 3 is 2.78 bits per heavy atom. The van der Waals surface area contributed by atoms with Gasteiger partial charge in [0.05, 0.1) is 6.61 Å². The summed E-state index contributed by atoms with van der Waals surface area (Å²) in [6, 6.07) is 7.85. The maximum absolute atomic E-state index is 12.3. The Kier molecular flexibility index (Phi) is 6.48. The van der Waals surface area contributed by atoms with Gasteiger partial charge in [0.1, 0.15) is 5.75 Å². The van der Waals surface area contributed by atoms with Gasteiger partial charge < -0.3 is 14.6 Å². The topological polar surface area (TPSA) is 77.2 Å². The molecule has 27 heavy (non-hydrogen) atoms. The Bertz CT molecular complexity index is 741. The first-order valence-electron chi connectivity index (χ1n) is 9.92. The molecule has 2 aromatic rings. The van der Waals surface area contributed by atoms with E-state index >= 15 is 0 Å². The van der Waals surface area contributed by atoms with Crippen LogP contribution in [0.3, 0.4) is 0 Å². The number of carbonyl (C=O) groups is 1. The van der Waals surface area contributed by atoms with Gasteiger partial charge in [0.15, 0.2) is 0 Å².